The Hall–Kier alpha value is -4.51. The summed E-state index contributed by atoms with van der Waals surface area (Å²) in [4.78, 5) is 0. The van der Waals surface area contributed by atoms with E-state index in [1.165, 1.54) is 18.2 Å². The highest BCUT2D eigenvalue weighted by atomic mass is 19.1. The predicted octanol–water partition coefficient (Wildman–Crippen LogP) is 8.92. The van der Waals surface area contributed by atoms with Crippen LogP contribution in [0.2, 0.25) is 0 Å². The predicted molar refractivity (Wildman–Crippen MR) is 151 cm³/mol. The lowest BCUT2D eigenvalue weighted by atomic mass is 9.76. The molecule has 5 aromatic carbocycles. The lowest BCUT2D eigenvalue weighted by Crippen LogP contribution is -2.35. The second kappa shape index (κ2) is 8.49. The van der Waals surface area contributed by atoms with Gasteiger partial charge in [-0.05, 0) is 58.5 Å². The maximum Gasteiger partial charge on any atom is 0.178 e. The summed E-state index contributed by atoms with van der Waals surface area (Å²) >= 11 is 0. The maximum atomic E-state index is 15.4. The molecule has 0 saturated carbocycles. The van der Waals surface area contributed by atoms with E-state index in [0.29, 0.717) is 22.6 Å². The fourth-order valence-corrected chi connectivity index (χ4v) is 6.56. The van der Waals surface area contributed by atoms with Gasteiger partial charge in [-0.15, -0.1) is 0 Å². The van der Waals surface area contributed by atoms with Gasteiger partial charge in [-0.1, -0.05) is 68.5 Å². The van der Waals surface area contributed by atoms with Crippen LogP contribution in [-0.4, -0.2) is 7.11 Å². The zero-order valence-corrected chi connectivity index (χ0v) is 22.2. The Morgan fingerprint density at radius 2 is 1.38 bits per heavy atom. The lowest BCUT2D eigenvalue weighted by Gasteiger charge is -2.38. The molecule has 1 heterocycles. The van der Waals surface area contributed by atoms with Crippen LogP contribution in [0.1, 0.15) is 41.7 Å². The van der Waals surface area contributed by atoms with Crippen LogP contribution >= 0.6 is 0 Å². The first-order valence-corrected chi connectivity index (χ1v) is 13.1. The molecule has 198 valence electrons. The Morgan fingerprint density at radius 3 is 2.05 bits per heavy atom. The van der Waals surface area contributed by atoms with E-state index in [0.717, 1.165) is 44.7 Å². The summed E-state index contributed by atoms with van der Waals surface area (Å²) in [5.41, 5.74) is 3.33. The number of ether oxygens (including phenoxy) is 2. The molecule has 5 heteroatoms. The van der Waals surface area contributed by atoms with Crippen LogP contribution in [0.15, 0.2) is 91.0 Å². The number of fused-ring (bicyclic) bond motifs is 8. The first-order chi connectivity index (χ1) is 19.2. The van der Waals surface area contributed by atoms with Crippen LogP contribution in [-0.2, 0) is 11.0 Å². The van der Waals surface area contributed by atoms with Gasteiger partial charge in [0.25, 0.3) is 0 Å². The second-order valence-electron chi connectivity index (χ2n) is 10.9. The Labute approximate surface area is 230 Å². The van der Waals surface area contributed by atoms with E-state index >= 15 is 4.39 Å². The molecule has 0 saturated heterocycles. The van der Waals surface area contributed by atoms with Crippen molar-refractivity contribution in [1.29, 1.82) is 0 Å². The van der Waals surface area contributed by atoms with Gasteiger partial charge in [0.2, 0.25) is 0 Å². The highest BCUT2D eigenvalue weighted by Crippen LogP contribution is 2.58. The molecule has 0 spiro atoms. The normalized spacial score (nSPS) is 18.1. The molecule has 2 nitrogen and oxygen atoms in total. The van der Waals surface area contributed by atoms with Gasteiger partial charge < -0.3 is 9.47 Å². The molecule has 0 N–H and O–H groups in total. The summed E-state index contributed by atoms with van der Waals surface area (Å²) in [6, 6.07) is 24.1. The summed E-state index contributed by atoms with van der Waals surface area (Å²) in [7, 11) is 1.61. The van der Waals surface area contributed by atoms with Crippen LogP contribution < -0.4 is 9.47 Å². The smallest absolute Gasteiger partial charge is 0.178 e. The largest absolute Gasteiger partial charge is 0.497 e. The minimum atomic E-state index is -1.07. The van der Waals surface area contributed by atoms with Gasteiger partial charge >= 0.3 is 0 Å². The van der Waals surface area contributed by atoms with E-state index in [9.17, 15) is 8.78 Å². The van der Waals surface area contributed by atoms with Gasteiger partial charge in [-0.3, -0.25) is 0 Å². The highest BCUT2D eigenvalue weighted by molar-refractivity contribution is 6.08. The molecular formula is C35H25F3O2. The zero-order valence-electron chi connectivity index (χ0n) is 22.2. The monoisotopic (exact) mass is 534 g/mol. The van der Waals surface area contributed by atoms with E-state index in [-0.39, 0.29) is 5.82 Å². The van der Waals surface area contributed by atoms with Gasteiger partial charge in [-0.25, -0.2) is 13.2 Å². The standard InChI is InChI=1S/C35H25F3O2/c1-34(2)31-28(18-23(37)19-29(31)38)30-25-6-4-5-7-26(25)33-27(32(30)34)16-17-35(40-33,20-8-12-22(36)13-9-20)21-10-14-24(39-3)15-11-21/h4-19H,1-3H3. The van der Waals surface area contributed by atoms with Crippen LogP contribution in [0.3, 0.4) is 0 Å². The average Bonchev–Trinajstić information content (AvgIpc) is 3.20. The van der Waals surface area contributed by atoms with Crippen molar-refractivity contribution < 1.29 is 22.6 Å². The van der Waals surface area contributed by atoms with Crippen molar-refractivity contribution in [3.8, 4) is 22.6 Å². The molecule has 1 aliphatic heterocycles. The topological polar surface area (TPSA) is 18.5 Å². The first-order valence-electron chi connectivity index (χ1n) is 13.1. The van der Waals surface area contributed by atoms with Gasteiger partial charge in [0.15, 0.2) is 5.60 Å². The highest BCUT2D eigenvalue weighted by Gasteiger charge is 2.45. The molecular weight excluding hydrogens is 509 g/mol. The molecule has 0 amide bonds. The first kappa shape index (κ1) is 24.5. The van der Waals surface area contributed by atoms with Gasteiger partial charge in [0.1, 0.15) is 29.0 Å². The SMILES string of the molecule is COc1ccc(C2(c3ccc(F)cc3)C=Cc3c4c(c5ccccc5c3O2)-c2cc(F)cc(F)c2C4(C)C)cc1. The number of rotatable bonds is 3. The molecule has 0 fully saturated rings. The fraction of sp³-hybridized carbons (Fsp3) is 0.143. The number of hydrogen-bond donors (Lipinski definition) is 0. The maximum absolute atomic E-state index is 15.4. The molecule has 0 aromatic heterocycles. The molecule has 0 radical (unpaired) electrons. The van der Waals surface area contributed by atoms with Crippen molar-refractivity contribution in [3.05, 3.63) is 136 Å². The van der Waals surface area contributed by atoms with E-state index in [1.54, 1.807) is 19.2 Å². The molecule has 7 rings (SSSR count). The summed E-state index contributed by atoms with van der Waals surface area (Å²) in [6.07, 6.45) is 3.98. The summed E-state index contributed by atoms with van der Waals surface area (Å²) < 4.78 is 56.4. The second-order valence-corrected chi connectivity index (χ2v) is 10.9. The molecule has 0 bridgehead atoms. The Bertz CT molecular complexity index is 1850. The minimum Gasteiger partial charge on any atom is -0.497 e. The quantitative estimate of drug-likeness (QED) is 0.230. The van der Waals surface area contributed by atoms with Crippen molar-refractivity contribution in [3.63, 3.8) is 0 Å². The number of hydrogen-bond acceptors (Lipinski definition) is 2. The Morgan fingerprint density at radius 1 is 0.725 bits per heavy atom. The number of methoxy groups -OCH3 is 1. The van der Waals surface area contributed by atoms with Gasteiger partial charge in [0.05, 0.1) is 7.11 Å². The van der Waals surface area contributed by atoms with Crippen molar-refractivity contribution in [2.75, 3.05) is 7.11 Å². The lowest BCUT2D eigenvalue weighted by molar-refractivity contribution is 0.163. The van der Waals surface area contributed by atoms with E-state index in [1.807, 2.05) is 74.5 Å². The molecule has 40 heavy (non-hydrogen) atoms. The molecule has 2 aliphatic rings. The van der Waals surface area contributed by atoms with Crippen LogP contribution in [0.5, 0.6) is 11.5 Å². The van der Waals surface area contributed by atoms with Crippen molar-refractivity contribution in [2.24, 2.45) is 0 Å². The van der Waals surface area contributed by atoms with E-state index in [2.05, 4.69) is 0 Å². The van der Waals surface area contributed by atoms with Gasteiger partial charge in [-0.2, -0.15) is 0 Å². The van der Waals surface area contributed by atoms with Crippen LogP contribution in [0.4, 0.5) is 13.2 Å². The van der Waals surface area contributed by atoms with Crippen molar-refractivity contribution in [2.45, 2.75) is 24.9 Å². The van der Waals surface area contributed by atoms with Crippen LogP contribution in [0, 0.1) is 17.5 Å². The zero-order chi connectivity index (χ0) is 27.8. The van der Waals surface area contributed by atoms with Crippen LogP contribution in [0.25, 0.3) is 28.0 Å². The summed E-state index contributed by atoms with van der Waals surface area (Å²) in [5, 5.41) is 1.68. The molecule has 1 aliphatic carbocycles. The third kappa shape index (κ3) is 3.30. The summed E-state index contributed by atoms with van der Waals surface area (Å²) in [5.74, 6) is -0.170. The molecule has 1 unspecified atom stereocenters. The number of halogens is 3. The Balaban J connectivity index is 1.55. The summed E-state index contributed by atoms with van der Waals surface area (Å²) in [6.45, 7) is 3.93. The van der Waals surface area contributed by atoms with Crippen molar-refractivity contribution >= 4 is 16.8 Å². The minimum absolute atomic E-state index is 0.342. The fourth-order valence-electron chi connectivity index (χ4n) is 6.56. The van der Waals surface area contributed by atoms with E-state index in [4.69, 9.17) is 9.47 Å². The third-order valence-electron chi connectivity index (χ3n) is 8.32. The molecule has 1 atom stereocenters. The van der Waals surface area contributed by atoms with E-state index < -0.39 is 22.7 Å². The molecule has 5 aromatic rings. The third-order valence-corrected chi connectivity index (χ3v) is 8.32. The van der Waals surface area contributed by atoms with Gasteiger partial charge in [0, 0.05) is 39.1 Å². The van der Waals surface area contributed by atoms with Crippen molar-refractivity contribution in [1.82, 2.24) is 0 Å². The average molecular weight is 535 g/mol. The Kier molecular flexibility index (Phi) is 5.21. The number of benzene rings is 5.